The summed E-state index contributed by atoms with van der Waals surface area (Å²) in [5.41, 5.74) is 2.55. The van der Waals surface area contributed by atoms with Crippen molar-refractivity contribution >= 4 is 26.6 Å². The Kier molecular flexibility index (Phi) is 5.70. The fourth-order valence-electron chi connectivity index (χ4n) is 4.21. The summed E-state index contributed by atoms with van der Waals surface area (Å²) in [6.07, 6.45) is 1.61. The highest BCUT2D eigenvalue weighted by Gasteiger charge is 2.27. The van der Waals surface area contributed by atoms with Crippen LogP contribution in [0, 0.1) is 11.6 Å². The van der Waals surface area contributed by atoms with Crippen LogP contribution < -0.4 is 4.90 Å². The lowest BCUT2D eigenvalue weighted by molar-refractivity contribution is 0.384. The molecule has 7 nitrogen and oxygen atoms in total. The Morgan fingerprint density at radius 1 is 0.912 bits per heavy atom. The molecule has 0 saturated carbocycles. The molecule has 10 heteroatoms. The Bertz CT molecular complexity index is 1430. The third-order valence-electron chi connectivity index (χ3n) is 5.98. The molecule has 3 aromatic carbocycles. The molecule has 1 aliphatic heterocycles. The molecule has 1 fully saturated rings. The van der Waals surface area contributed by atoms with Gasteiger partial charge in [-0.1, -0.05) is 30.3 Å². The number of hydrogen-bond acceptors (Lipinski definition) is 5. The quantitative estimate of drug-likeness (QED) is 0.468. The van der Waals surface area contributed by atoms with Crippen LogP contribution in [-0.2, 0) is 15.8 Å². The van der Waals surface area contributed by atoms with Crippen LogP contribution >= 0.6 is 0 Å². The number of nitrogens with zero attached hydrogens (tertiary/aromatic N) is 4. The van der Waals surface area contributed by atoms with Gasteiger partial charge >= 0.3 is 0 Å². The van der Waals surface area contributed by atoms with Gasteiger partial charge in [0.1, 0.15) is 0 Å². The van der Waals surface area contributed by atoms with Gasteiger partial charge in [-0.15, -0.1) is 0 Å². The van der Waals surface area contributed by atoms with Crippen LogP contribution in [0.15, 0.2) is 66.9 Å². The second-order valence-electron chi connectivity index (χ2n) is 8.19. The van der Waals surface area contributed by atoms with E-state index in [1.165, 1.54) is 8.99 Å². The highest BCUT2D eigenvalue weighted by molar-refractivity contribution is 7.88. The molecular formula is C24H22F2N4O3S. The molecule has 0 unspecified atom stereocenters. The van der Waals surface area contributed by atoms with Gasteiger partial charge < -0.3 is 10.0 Å². The fourth-order valence-corrected chi connectivity index (χ4v) is 5.72. The summed E-state index contributed by atoms with van der Waals surface area (Å²) < 4.78 is 55.8. The highest BCUT2D eigenvalue weighted by Crippen LogP contribution is 2.28. The number of phenolic OH excluding ortho intramolecular Hbond substituents is 1. The smallest absolute Gasteiger partial charge is 0.218 e. The van der Waals surface area contributed by atoms with E-state index in [1.807, 2.05) is 48.5 Å². The zero-order chi connectivity index (χ0) is 23.9. The maximum atomic E-state index is 13.7. The molecule has 1 aromatic heterocycles. The summed E-state index contributed by atoms with van der Waals surface area (Å²) in [6, 6.07) is 16.9. The maximum absolute atomic E-state index is 13.7. The molecule has 0 radical (unpaired) electrons. The molecular weight excluding hydrogens is 462 g/mol. The molecule has 1 N–H and O–H groups in total. The first-order chi connectivity index (χ1) is 16.3. The van der Waals surface area contributed by atoms with Crippen LogP contribution in [0.25, 0.3) is 16.6 Å². The predicted octanol–water partition coefficient (Wildman–Crippen LogP) is 3.66. The largest absolute Gasteiger partial charge is 0.505 e. The number of aromatic hydroxyl groups is 1. The number of piperazine rings is 1. The molecule has 2 heterocycles. The molecule has 1 saturated heterocycles. The van der Waals surface area contributed by atoms with Gasteiger partial charge in [-0.05, 0) is 23.8 Å². The molecule has 0 atom stereocenters. The van der Waals surface area contributed by atoms with E-state index in [0.29, 0.717) is 31.7 Å². The van der Waals surface area contributed by atoms with Gasteiger partial charge in [0, 0.05) is 49.4 Å². The van der Waals surface area contributed by atoms with Crippen molar-refractivity contribution in [2.24, 2.45) is 0 Å². The SMILES string of the molecule is O=S(=O)(Cc1ccccc1)N1CCN(c2ccc3c(cnn3-c3cc(O)c(F)c(F)c3)c2)CC1. The van der Waals surface area contributed by atoms with E-state index in [0.717, 1.165) is 28.8 Å². The second-order valence-corrected chi connectivity index (χ2v) is 10.2. The van der Waals surface area contributed by atoms with Gasteiger partial charge in [-0.2, -0.15) is 13.8 Å². The van der Waals surface area contributed by atoms with Gasteiger partial charge in [0.2, 0.25) is 10.0 Å². The first kappa shape index (κ1) is 22.3. The molecule has 0 spiro atoms. The second kappa shape index (κ2) is 8.69. The number of aromatic nitrogens is 2. The van der Waals surface area contributed by atoms with Gasteiger partial charge in [0.15, 0.2) is 17.4 Å². The molecule has 176 valence electrons. The number of rotatable bonds is 5. The molecule has 4 aromatic rings. The van der Waals surface area contributed by atoms with Crippen molar-refractivity contribution in [3.63, 3.8) is 0 Å². The minimum Gasteiger partial charge on any atom is -0.505 e. The first-order valence-electron chi connectivity index (χ1n) is 10.7. The Morgan fingerprint density at radius 2 is 1.65 bits per heavy atom. The zero-order valence-electron chi connectivity index (χ0n) is 18.1. The number of sulfonamides is 1. The summed E-state index contributed by atoms with van der Waals surface area (Å²) in [4.78, 5) is 2.11. The number of halogens is 2. The van der Waals surface area contributed by atoms with Crippen molar-refractivity contribution in [3.05, 3.63) is 84.1 Å². The number of benzene rings is 3. The molecule has 5 rings (SSSR count). The van der Waals surface area contributed by atoms with Crippen molar-refractivity contribution in [2.75, 3.05) is 31.1 Å². The van der Waals surface area contributed by atoms with Crippen LogP contribution in [0.1, 0.15) is 5.56 Å². The van der Waals surface area contributed by atoms with Gasteiger partial charge in [0.05, 0.1) is 23.2 Å². The Morgan fingerprint density at radius 3 is 2.35 bits per heavy atom. The number of phenols is 1. The highest BCUT2D eigenvalue weighted by atomic mass is 32.2. The topological polar surface area (TPSA) is 78.7 Å². The Labute approximate surface area is 195 Å². The van der Waals surface area contributed by atoms with Crippen molar-refractivity contribution in [2.45, 2.75) is 5.75 Å². The third kappa shape index (κ3) is 4.22. The van der Waals surface area contributed by atoms with E-state index in [9.17, 15) is 22.3 Å². The van der Waals surface area contributed by atoms with E-state index in [4.69, 9.17) is 0 Å². The Hall–Kier alpha value is -3.50. The minimum atomic E-state index is -3.40. The van der Waals surface area contributed by atoms with Crippen LogP contribution in [-0.4, -0.2) is 53.8 Å². The lowest BCUT2D eigenvalue weighted by atomic mass is 10.2. The summed E-state index contributed by atoms with van der Waals surface area (Å²) in [5, 5.41) is 14.7. The molecule has 0 aliphatic carbocycles. The fraction of sp³-hybridized carbons (Fsp3) is 0.208. The standard InChI is InChI=1S/C24H22F2N4O3S/c25-21-13-20(14-23(31)24(21)26)30-22-7-6-19(12-18(22)15-27-30)28-8-10-29(11-9-28)34(32,33)16-17-4-2-1-3-5-17/h1-7,12-15,31H,8-11,16H2. The van der Waals surface area contributed by atoms with Crippen LogP contribution in [0.2, 0.25) is 0 Å². The maximum Gasteiger partial charge on any atom is 0.218 e. The van der Waals surface area contributed by atoms with Crippen molar-refractivity contribution in [1.82, 2.24) is 14.1 Å². The molecule has 0 amide bonds. The van der Waals surface area contributed by atoms with Gasteiger partial charge in [-0.3, -0.25) is 0 Å². The molecule has 34 heavy (non-hydrogen) atoms. The average molecular weight is 485 g/mol. The normalized spacial score (nSPS) is 15.2. The zero-order valence-corrected chi connectivity index (χ0v) is 18.9. The van der Waals surface area contributed by atoms with Crippen molar-refractivity contribution in [3.8, 4) is 11.4 Å². The summed E-state index contributed by atoms with van der Waals surface area (Å²) in [7, 11) is -3.40. The summed E-state index contributed by atoms with van der Waals surface area (Å²) in [6.45, 7) is 1.87. The van der Waals surface area contributed by atoms with E-state index in [1.54, 1.807) is 6.20 Å². The van der Waals surface area contributed by atoms with Crippen LogP contribution in [0.4, 0.5) is 14.5 Å². The monoisotopic (exact) mass is 484 g/mol. The van der Waals surface area contributed by atoms with Crippen LogP contribution in [0.3, 0.4) is 0 Å². The van der Waals surface area contributed by atoms with Gasteiger partial charge in [0.25, 0.3) is 0 Å². The minimum absolute atomic E-state index is 0.0154. The number of anilines is 1. The average Bonchev–Trinajstić information content (AvgIpc) is 3.26. The molecule has 0 bridgehead atoms. The van der Waals surface area contributed by atoms with E-state index in [2.05, 4.69) is 10.00 Å². The lowest BCUT2D eigenvalue weighted by Gasteiger charge is -2.35. The number of hydrogen-bond donors (Lipinski definition) is 1. The van der Waals surface area contributed by atoms with E-state index < -0.39 is 27.4 Å². The van der Waals surface area contributed by atoms with Crippen molar-refractivity contribution in [1.29, 1.82) is 0 Å². The molecule has 1 aliphatic rings. The van der Waals surface area contributed by atoms with E-state index in [-0.39, 0.29) is 11.4 Å². The Balaban J connectivity index is 1.31. The van der Waals surface area contributed by atoms with Crippen molar-refractivity contribution < 1.29 is 22.3 Å². The first-order valence-corrected chi connectivity index (χ1v) is 12.4. The summed E-state index contributed by atoms with van der Waals surface area (Å²) in [5.74, 6) is -3.25. The number of fused-ring (bicyclic) bond motifs is 1. The van der Waals surface area contributed by atoms with E-state index >= 15 is 0 Å². The lowest BCUT2D eigenvalue weighted by Crippen LogP contribution is -2.49. The summed E-state index contributed by atoms with van der Waals surface area (Å²) >= 11 is 0. The third-order valence-corrected chi connectivity index (χ3v) is 7.83. The predicted molar refractivity (Wildman–Crippen MR) is 126 cm³/mol. The van der Waals surface area contributed by atoms with Gasteiger partial charge in [-0.25, -0.2) is 17.5 Å². The van der Waals surface area contributed by atoms with Crippen LogP contribution in [0.5, 0.6) is 5.75 Å².